The van der Waals surface area contributed by atoms with Gasteiger partial charge in [0, 0.05) is 11.6 Å². The molecule has 0 bridgehead atoms. The van der Waals surface area contributed by atoms with Crippen LogP contribution in [0.4, 0.5) is 11.4 Å². The highest BCUT2D eigenvalue weighted by Crippen LogP contribution is 2.34. The second-order valence-electron chi connectivity index (χ2n) is 7.28. The number of anilines is 1. The smallest absolute Gasteiger partial charge is 0.291 e. The van der Waals surface area contributed by atoms with Crippen LogP contribution in [0.25, 0.3) is 26.9 Å². The minimum atomic E-state index is -0.533. The average Bonchev–Trinajstić information content (AvgIpc) is 3.55. The minimum absolute atomic E-state index is 0.00359. The normalized spacial score (nSPS) is 11.0. The third kappa shape index (κ3) is 3.86. The lowest BCUT2D eigenvalue weighted by atomic mass is 10.1. The molecule has 1 N–H and O–H groups in total. The largest absolute Gasteiger partial charge is 0.495 e. The second kappa shape index (κ2) is 8.41. The SMILES string of the molecule is COc1ccc(-c2nn3cnnc3s2)cc1NC(=O)c1ccc(-c2ccc(C)cc2[N+](=O)[O-])o1. The summed E-state index contributed by atoms with van der Waals surface area (Å²) >= 11 is 1.35. The van der Waals surface area contributed by atoms with Gasteiger partial charge in [-0.2, -0.15) is 9.61 Å². The Morgan fingerprint density at radius 2 is 2.06 bits per heavy atom. The lowest BCUT2D eigenvalue weighted by Crippen LogP contribution is -2.11. The van der Waals surface area contributed by atoms with Crippen molar-refractivity contribution in [2.75, 3.05) is 12.4 Å². The molecule has 0 atom stereocenters. The van der Waals surface area contributed by atoms with Crippen LogP contribution in [0.15, 0.2) is 59.3 Å². The molecule has 0 aliphatic rings. The Morgan fingerprint density at radius 3 is 2.82 bits per heavy atom. The summed E-state index contributed by atoms with van der Waals surface area (Å²) in [6.45, 7) is 1.76. The number of rotatable bonds is 6. The Hall–Kier alpha value is -4.58. The van der Waals surface area contributed by atoms with E-state index in [-0.39, 0.29) is 22.8 Å². The summed E-state index contributed by atoms with van der Waals surface area (Å²) in [5.74, 6) is 0.129. The first-order valence-corrected chi connectivity index (χ1v) is 10.8. The van der Waals surface area contributed by atoms with Crippen molar-refractivity contribution in [2.24, 2.45) is 0 Å². The molecule has 5 aromatic rings. The number of carbonyl (C=O) groups excluding carboxylic acids is 1. The second-order valence-corrected chi connectivity index (χ2v) is 8.23. The van der Waals surface area contributed by atoms with Crippen LogP contribution in [0.3, 0.4) is 0 Å². The summed E-state index contributed by atoms with van der Waals surface area (Å²) in [4.78, 5) is 24.5. The maximum Gasteiger partial charge on any atom is 0.291 e. The molecule has 0 unspecified atom stereocenters. The fraction of sp³-hybridized carbons (Fsp3) is 0.0909. The van der Waals surface area contributed by atoms with E-state index in [1.54, 1.807) is 35.7 Å². The predicted octanol–water partition coefficient (Wildman–Crippen LogP) is 4.59. The van der Waals surface area contributed by atoms with Gasteiger partial charge in [-0.05, 0) is 48.9 Å². The maximum absolute atomic E-state index is 12.9. The highest BCUT2D eigenvalue weighted by molar-refractivity contribution is 7.19. The van der Waals surface area contributed by atoms with Gasteiger partial charge < -0.3 is 14.5 Å². The number of nitrogens with one attached hydrogen (secondary N) is 1. The Bertz CT molecular complexity index is 1520. The van der Waals surface area contributed by atoms with E-state index < -0.39 is 10.8 Å². The molecule has 0 aliphatic heterocycles. The number of methoxy groups -OCH3 is 1. The van der Waals surface area contributed by atoms with Gasteiger partial charge in [-0.25, -0.2) is 0 Å². The Balaban J connectivity index is 1.43. The van der Waals surface area contributed by atoms with Crippen LogP contribution in [0.2, 0.25) is 0 Å². The van der Waals surface area contributed by atoms with E-state index in [4.69, 9.17) is 9.15 Å². The van der Waals surface area contributed by atoms with E-state index in [1.807, 2.05) is 6.07 Å². The number of nitro groups is 1. The molecule has 170 valence electrons. The Labute approximate surface area is 195 Å². The van der Waals surface area contributed by atoms with Gasteiger partial charge in [0.05, 0.1) is 23.3 Å². The molecule has 0 saturated carbocycles. The zero-order valence-corrected chi connectivity index (χ0v) is 18.7. The van der Waals surface area contributed by atoms with Crippen molar-refractivity contribution in [2.45, 2.75) is 6.92 Å². The molecule has 1 amide bonds. The molecule has 3 heterocycles. The Morgan fingerprint density at radius 1 is 1.21 bits per heavy atom. The zero-order chi connectivity index (χ0) is 23.8. The first kappa shape index (κ1) is 21.3. The number of benzene rings is 2. The van der Waals surface area contributed by atoms with Crippen LogP contribution in [0.1, 0.15) is 16.1 Å². The van der Waals surface area contributed by atoms with E-state index in [9.17, 15) is 14.9 Å². The first-order valence-electron chi connectivity index (χ1n) is 9.95. The van der Waals surface area contributed by atoms with Gasteiger partial charge in [0.1, 0.15) is 22.8 Å². The van der Waals surface area contributed by atoms with Crippen molar-refractivity contribution in [1.29, 1.82) is 0 Å². The van der Waals surface area contributed by atoms with Crippen LogP contribution in [-0.4, -0.2) is 37.8 Å². The summed E-state index contributed by atoms with van der Waals surface area (Å²) in [6.07, 6.45) is 1.51. The molecular weight excluding hydrogens is 460 g/mol. The number of aromatic nitrogens is 4. The highest BCUT2D eigenvalue weighted by atomic mass is 32.1. The van der Waals surface area contributed by atoms with E-state index in [0.29, 0.717) is 21.4 Å². The quantitative estimate of drug-likeness (QED) is 0.277. The third-order valence-electron chi connectivity index (χ3n) is 5.03. The molecule has 0 aliphatic carbocycles. The van der Waals surface area contributed by atoms with Crippen LogP contribution in [0.5, 0.6) is 5.75 Å². The monoisotopic (exact) mass is 476 g/mol. The van der Waals surface area contributed by atoms with Crippen molar-refractivity contribution in [1.82, 2.24) is 19.8 Å². The number of nitro benzene ring substituents is 1. The minimum Gasteiger partial charge on any atom is -0.495 e. The summed E-state index contributed by atoms with van der Waals surface area (Å²) < 4.78 is 12.6. The molecule has 2 aromatic carbocycles. The van der Waals surface area contributed by atoms with E-state index in [2.05, 4.69) is 20.6 Å². The van der Waals surface area contributed by atoms with Gasteiger partial charge in [0.2, 0.25) is 4.96 Å². The van der Waals surface area contributed by atoms with Gasteiger partial charge >= 0.3 is 0 Å². The number of hydrogen-bond donors (Lipinski definition) is 1. The summed E-state index contributed by atoms with van der Waals surface area (Å²) in [5.41, 5.74) is 2.10. The van der Waals surface area contributed by atoms with Gasteiger partial charge in [-0.3, -0.25) is 14.9 Å². The number of carbonyl (C=O) groups is 1. The first-order chi connectivity index (χ1) is 16.4. The van der Waals surface area contributed by atoms with E-state index in [0.717, 1.165) is 11.1 Å². The van der Waals surface area contributed by atoms with Crippen molar-refractivity contribution in [3.63, 3.8) is 0 Å². The van der Waals surface area contributed by atoms with Gasteiger partial charge in [0.15, 0.2) is 5.76 Å². The van der Waals surface area contributed by atoms with Crippen molar-refractivity contribution in [3.8, 4) is 27.6 Å². The predicted molar refractivity (Wildman–Crippen MR) is 124 cm³/mol. The number of amides is 1. The molecule has 0 fully saturated rings. The summed E-state index contributed by atoms with van der Waals surface area (Å²) in [6, 6.07) is 13.1. The average molecular weight is 476 g/mol. The molecule has 0 saturated heterocycles. The standard InChI is InChI=1S/C22H16N6O5S/c1-12-3-5-14(16(9-12)28(30)31)17-7-8-19(33-17)20(29)24-15-10-13(4-6-18(15)32-2)21-26-27-11-23-25-22(27)34-21/h3-11H,1-2H3,(H,24,29). The van der Waals surface area contributed by atoms with Crippen LogP contribution in [0, 0.1) is 17.0 Å². The third-order valence-corrected chi connectivity index (χ3v) is 5.99. The number of aryl methyl sites for hydroxylation is 1. The molecule has 5 rings (SSSR count). The number of fused-ring (bicyclic) bond motifs is 1. The topological polar surface area (TPSA) is 138 Å². The van der Waals surface area contributed by atoms with E-state index >= 15 is 0 Å². The number of furan rings is 1. The fourth-order valence-electron chi connectivity index (χ4n) is 3.40. The zero-order valence-electron chi connectivity index (χ0n) is 17.9. The molecule has 12 heteroatoms. The van der Waals surface area contributed by atoms with Gasteiger partial charge in [0.25, 0.3) is 11.6 Å². The highest BCUT2D eigenvalue weighted by Gasteiger charge is 2.21. The molecule has 0 radical (unpaired) electrons. The molecule has 3 aromatic heterocycles. The van der Waals surface area contributed by atoms with Gasteiger partial charge in [-0.15, -0.1) is 10.2 Å². The lowest BCUT2D eigenvalue weighted by molar-refractivity contribution is -0.384. The number of ether oxygens (including phenoxy) is 1. The van der Waals surface area contributed by atoms with Crippen LogP contribution in [-0.2, 0) is 0 Å². The Kier molecular flexibility index (Phi) is 5.26. The summed E-state index contributed by atoms with van der Waals surface area (Å²) in [7, 11) is 1.50. The van der Waals surface area contributed by atoms with Crippen LogP contribution >= 0.6 is 11.3 Å². The van der Waals surface area contributed by atoms with Crippen LogP contribution < -0.4 is 10.1 Å². The molecular formula is C22H16N6O5S. The molecule has 11 nitrogen and oxygen atoms in total. The summed E-state index contributed by atoms with van der Waals surface area (Å²) in [5, 5.41) is 27.1. The molecule has 0 spiro atoms. The fourth-order valence-corrected chi connectivity index (χ4v) is 4.22. The van der Waals surface area contributed by atoms with Crippen molar-refractivity contribution in [3.05, 3.63) is 76.3 Å². The maximum atomic E-state index is 12.9. The molecule has 34 heavy (non-hydrogen) atoms. The lowest BCUT2D eigenvalue weighted by Gasteiger charge is -2.10. The van der Waals surface area contributed by atoms with Crippen molar-refractivity contribution < 1.29 is 18.9 Å². The van der Waals surface area contributed by atoms with Gasteiger partial charge in [-0.1, -0.05) is 17.4 Å². The number of nitrogens with zero attached hydrogens (tertiary/aromatic N) is 5. The van der Waals surface area contributed by atoms with Crippen molar-refractivity contribution >= 4 is 33.6 Å². The number of hydrogen-bond acceptors (Lipinski definition) is 9. The van der Waals surface area contributed by atoms with E-state index in [1.165, 1.54) is 43.0 Å².